The van der Waals surface area contributed by atoms with Gasteiger partial charge in [0.1, 0.15) is 5.82 Å². The molecule has 4 rings (SSSR count). The van der Waals surface area contributed by atoms with Crippen LogP contribution >= 0.6 is 0 Å². The van der Waals surface area contributed by atoms with Gasteiger partial charge in [0.15, 0.2) is 11.3 Å². The molecule has 154 valence electrons. The Labute approximate surface area is 169 Å². The van der Waals surface area contributed by atoms with E-state index in [4.69, 9.17) is 0 Å². The molecule has 3 heterocycles. The summed E-state index contributed by atoms with van der Waals surface area (Å²) in [7, 11) is 0. The van der Waals surface area contributed by atoms with Crippen molar-refractivity contribution >= 4 is 11.6 Å². The zero-order valence-electron chi connectivity index (χ0n) is 16.0. The zero-order chi connectivity index (χ0) is 21.5. The fourth-order valence-electron chi connectivity index (χ4n) is 3.11. The predicted molar refractivity (Wildman–Crippen MR) is 104 cm³/mol. The van der Waals surface area contributed by atoms with Crippen molar-refractivity contribution in [1.82, 2.24) is 30.8 Å². The third-order valence-electron chi connectivity index (χ3n) is 4.52. The van der Waals surface area contributed by atoms with Gasteiger partial charge in [-0.05, 0) is 44.2 Å². The molecule has 10 heteroatoms. The maximum absolute atomic E-state index is 13.4. The van der Waals surface area contributed by atoms with E-state index in [0.717, 1.165) is 11.8 Å². The number of aromatic nitrogens is 3. The molecule has 0 bridgehead atoms. The van der Waals surface area contributed by atoms with Crippen molar-refractivity contribution in [1.29, 1.82) is 0 Å². The number of rotatable bonds is 3. The minimum absolute atomic E-state index is 0.0777. The van der Waals surface area contributed by atoms with E-state index in [-0.39, 0.29) is 17.0 Å². The van der Waals surface area contributed by atoms with Crippen molar-refractivity contribution in [3.05, 3.63) is 77.0 Å². The third kappa shape index (κ3) is 3.59. The van der Waals surface area contributed by atoms with Crippen LogP contribution in [0.3, 0.4) is 0 Å². The largest absolute Gasteiger partial charge is 0.417 e. The van der Waals surface area contributed by atoms with Crippen molar-refractivity contribution < 1.29 is 18.0 Å². The topological polar surface area (TPSA) is 83.4 Å². The minimum atomic E-state index is -4.53. The normalized spacial score (nSPS) is 13.9. The monoisotopic (exact) mass is 414 g/mol. The quantitative estimate of drug-likeness (QED) is 0.613. The second-order valence-electron chi connectivity index (χ2n) is 6.71. The third-order valence-corrected chi connectivity index (χ3v) is 4.52. The van der Waals surface area contributed by atoms with Crippen LogP contribution in [0.25, 0.3) is 16.9 Å². The molecular weight excluding hydrogens is 397 g/mol. The highest BCUT2D eigenvalue weighted by atomic mass is 19.4. The van der Waals surface area contributed by atoms with Crippen LogP contribution in [-0.2, 0) is 6.18 Å². The number of alkyl halides is 3. The summed E-state index contributed by atoms with van der Waals surface area (Å²) < 4.78 is 41.5. The van der Waals surface area contributed by atoms with Gasteiger partial charge in [-0.1, -0.05) is 18.2 Å². The van der Waals surface area contributed by atoms with Gasteiger partial charge < -0.3 is 10.7 Å². The van der Waals surface area contributed by atoms with E-state index < -0.39 is 17.6 Å². The van der Waals surface area contributed by atoms with Gasteiger partial charge >= 0.3 is 6.18 Å². The number of amides is 1. The highest BCUT2D eigenvalue weighted by Crippen LogP contribution is 2.36. The number of hydrogen-bond acceptors (Lipinski definition) is 5. The van der Waals surface area contributed by atoms with E-state index in [0.29, 0.717) is 17.2 Å². The Morgan fingerprint density at radius 2 is 1.83 bits per heavy atom. The highest BCUT2D eigenvalue weighted by molar-refractivity contribution is 5.95. The Morgan fingerprint density at radius 1 is 1.07 bits per heavy atom. The number of hydrazine groups is 1. The van der Waals surface area contributed by atoms with Gasteiger partial charge in [-0.15, -0.1) is 0 Å². The van der Waals surface area contributed by atoms with Crippen molar-refractivity contribution in [2.75, 3.05) is 0 Å². The first-order valence-corrected chi connectivity index (χ1v) is 8.99. The van der Waals surface area contributed by atoms with Crippen LogP contribution < -0.4 is 16.2 Å². The summed E-state index contributed by atoms with van der Waals surface area (Å²) in [6, 6.07) is 8.16. The van der Waals surface area contributed by atoms with Crippen LogP contribution in [0.2, 0.25) is 0 Å². The molecule has 1 aliphatic heterocycles. The Morgan fingerprint density at radius 3 is 2.53 bits per heavy atom. The average Bonchev–Trinajstić information content (AvgIpc) is 3.04. The van der Waals surface area contributed by atoms with Gasteiger partial charge in [0, 0.05) is 11.3 Å². The van der Waals surface area contributed by atoms with E-state index in [9.17, 15) is 18.0 Å². The summed E-state index contributed by atoms with van der Waals surface area (Å²) in [6.07, 6.45) is -1.07. The molecule has 0 saturated carbocycles. The summed E-state index contributed by atoms with van der Waals surface area (Å²) in [5.41, 5.74) is 6.65. The molecule has 0 aliphatic carbocycles. The Balaban J connectivity index is 1.77. The molecule has 3 aromatic rings. The van der Waals surface area contributed by atoms with Crippen molar-refractivity contribution in [2.45, 2.75) is 20.0 Å². The second kappa shape index (κ2) is 7.21. The molecule has 30 heavy (non-hydrogen) atoms. The highest BCUT2D eigenvalue weighted by Gasteiger charge is 2.34. The van der Waals surface area contributed by atoms with Crippen molar-refractivity contribution in [3.63, 3.8) is 0 Å². The number of carbonyl (C=O) groups is 1. The Hall–Kier alpha value is -3.82. The number of benzene rings is 1. The van der Waals surface area contributed by atoms with Gasteiger partial charge in [0.05, 0.1) is 17.0 Å². The summed E-state index contributed by atoms with van der Waals surface area (Å²) in [4.78, 5) is 17.1. The molecule has 3 N–H and O–H groups in total. The van der Waals surface area contributed by atoms with Gasteiger partial charge in [-0.3, -0.25) is 10.2 Å². The van der Waals surface area contributed by atoms with Gasteiger partial charge in [0.25, 0.3) is 5.91 Å². The number of nitrogens with one attached hydrogen (secondary N) is 3. The van der Waals surface area contributed by atoms with Crippen LogP contribution in [0.5, 0.6) is 0 Å². The molecule has 1 aromatic carbocycles. The van der Waals surface area contributed by atoms with E-state index in [1.165, 1.54) is 34.8 Å². The molecule has 0 unspecified atom stereocenters. The summed E-state index contributed by atoms with van der Waals surface area (Å²) >= 11 is 0. The van der Waals surface area contributed by atoms with Crippen LogP contribution in [0, 0.1) is 6.92 Å². The molecule has 0 atom stereocenters. The van der Waals surface area contributed by atoms with Crippen LogP contribution in [-0.4, -0.2) is 20.5 Å². The number of allylic oxidation sites excluding steroid dienone is 3. The first-order chi connectivity index (χ1) is 14.2. The predicted octanol–water partition coefficient (Wildman–Crippen LogP) is 3.31. The molecule has 2 aromatic heterocycles. The maximum atomic E-state index is 13.4. The Bertz CT molecular complexity index is 1210. The fourth-order valence-corrected chi connectivity index (χ4v) is 3.11. The minimum Gasteiger partial charge on any atom is -0.306 e. The van der Waals surface area contributed by atoms with Crippen LogP contribution in [0.15, 0.2) is 60.1 Å². The molecule has 0 saturated heterocycles. The molecule has 1 aliphatic rings. The lowest BCUT2D eigenvalue weighted by atomic mass is 10.0. The molecule has 7 nitrogen and oxygen atoms in total. The lowest BCUT2D eigenvalue weighted by molar-refractivity contribution is -0.137. The van der Waals surface area contributed by atoms with E-state index >= 15 is 0 Å². The molecule has 0 fully saturated rings. The first kappa shape index (κ1) is 19.5. The standard InChI is InChI=1S/C20H17F3N6O/c1-11-7-9-16(27-26-11)25-19(30)18-12(2)24-17-10-8-15(28-29(17)18)13-5-3-4-6-14(13)20(21,22)23/h3-10,26-27H,1-2H3,(H,25,30). The average molecular weight is 414 g/mol. The van der Waals surface area contributed by atoms with Gasteiger partial charge in [-0.25, -0.2) is 9.50 Å². The molecule has 1 amide bonds. The summed E-state index contributed by atoms with van der Waals surface area (Å²) in [5, 5.41) is 6.99. The second-order valence-corrected chi connectivity index (χ2v) is 6.71. The van der Waals surface area contributed by atoms with Gasteiger partial charge in [-0.2, -0.15) is 18.3 Å². The van der Waals surface area contributed by atoms with E-state index in [1.807, 2.05) is 6.92 Å². The number of nitrogens with zero attached hydrogens (tertiary/aromatic N) is 3. The van der Waals surface area contributed by atoms with Crippen LogP contribution in [0.4, 0.5) is 13.2 Å². The molecule has 0 spiro atoms. The smallest absolute Gasteiger partial charge is 0.306 e. The molecular formula is C20H17F3N6O. The number of fused-ring (bicyclic) bond motifs is 1. The fraction of sp³-hybridized carbons (Fsp3) is 0.150. The summed E-state index contributed by atoms with van der Waals surface area (Å²) in [6.45, 7) is 3.48. The number of carbonyl (C=O) groups excluding carboxylic acids is 1. The van der Waals surface area contributed by atoms with Gasteiger partial charge in [0.2, 0.25) is 0 Å². The van der Waals surface area contributed by atoms with Crippen molar-refractivity contribution in [2.24, 2.45) is 0 Å². The SMILES string of the molecule is CC1=CC=C(NC(=O)c2c(C)nc3ccc(-c4ccccc4C(F)(F)F)nn23)NN1. The van der Waals surface area contributed by atoms with E-state index in [1.54, 1.807) is 19.1 Å². The number of halogens is 3. The lowest BCUT2D eigenvalue weighted by Crippen LogP contribution is -2.40. The molecule has 0 radical (unpaired) electrons. The maximum Gasteiger partial charge on any atom is 0.417 e. The zero-order valence-corrected chi connectivity index (χ0v) is 16.0. The van der Waals surface area contributed by atoms with E-state index in [2.05, 4.69) is 26.3 Å². The number of aryl methyl sites for hydroxylation is 1. The first-order valence-electron chi connectivity index (χ1n) is 8.99. The lowest BCUT2D eigenvalue weighted by Gasteiger charge is -2.17. The van der Waals surface area contributed by atoms with Crippen molar-refractivity contribution in [3.8, 4) is 11.3 Å². The van der Waals surface area contributed by atoms with Crippen LogP contribution in [0.1, 0.15) is 28.7 Å². The number of hydrogen-bond donors (Lipinski definition) is 3. The summed E-state index contributed by atoms with van der Waals surface area (Å²) in [5.74, 6) is -0.0826. The Kier molecular flexibility index (Phi) is 4.69. The number of imidazole rings is 1.